The van der Waals surface area contributed by atoms with Gasteiger partial charge in [-0.15, -0.1) is 0 Å². The van der Waals surface area contributed by atoms with Gasteiger partial charge in [0.2, 0.25) is 0 Å². The molecule has 0 amide bonds. The first-order chi connectivity index (χ1) is 9.63. The quantitative estimate of drug-likeness (QED) is 0.643. The number of hydrogen-bond donors (Lipinski definition) is 2. The number of piperidine rings is 1. The van der Waals surface area contributed by atoms with E-state index in [-0.39, 0.29) is 0 Å². The fourth-order valence-electron chi connectivity index (χ4n) is 3.60. The highest BCUT2D eigenvalue weighted by atomic mass is 35.5. The molecular formula is C14H20Cl2N4. The summed E-state index contributed by atoms with van der Waals surface area (Å²) in [4.78, 5) is 6.71. The van der Waals surface area contributed by atoms with Crippen LogP contribution in [0.15, 0.2) is 6.07 Å². The lowest BCUT2D eigenvalue weighted by atomic mass is 9.77. The number of nitrogens with zero attached hydrogens (tertiary/aromatic N) is 2. The highest BCUT2D eigenvalue weighted by molar-refractivity contribution is 6.37. The van der Waals surface area contributed by atoms with Gasteiger partial charge in [0.1, 0.15) is 5.82 Å². The molecule has 1 aliphatic carbocycles. The summed E-state index contributed by atoms with van der Waals surface area (Å²) in [6.45, 7) is 2.02. The second-order valence-electron chi connectivity index (χ2n) is 5.96. The molecule has 0 aromatic carbocycles. The Bertz CT molecular complexity index is 490. The van der Waals surface area contributed by atoms with Crippen molar-refractivity contribution in [2.24, 2.45) is 11.3 Å². The highest BCUT2D eigenvalue weighted by Crippen LogP contribution is 2.47. The summed E-state index contributed by atoms with van der Waals surface area (Å²) in [6, 6.07) is 1.71. The Morgan fingerprint density at radius 3 is 2.35 bits per heavy atom. The first kappa shape index (κ1) is 14.2. The molecule has 4 nitrogen and oxygen atoms in total. The maximum atomic E-state index is 6.29. The number of aromatic nitrogens is 1. The van der Waals surface area contributed by atoms with Gasteiger partial charge in [0.25, 0.3) is 0 Å². The zero-order valence-corrected chi connectivity index (χ0v) is 13.0. The van der Waals surface area contributed by atoms with E-state index in [1.807, 2.05) is 0 Å². The molecule has 2 fully saturated rings. The van der Waals surface area contributed by atoms with Crippen LogP contribution in [-0.2, 0) is 0 Å². The predicted molar refractivity (Wildman–Crippen MR) is 84.4 cm³/mol. The van der Waals surface area contributed by atoms with Crippen molar-refractivity contribution in [3.05, 3.63) is 16.1 Å². The summed E-state index contributed by atoms with van der Waals surface area (Å²) in [7, 11) is 0. The number of pyridine rings is 1. The molecule has 1 saturated heterocycles. The SMILES string of the molecule is NNc1nc(N2CCC3(CCCC3)CC2)c(Cl)cc1Cl. The van der Waals surface area contributed by atoms with Crippen LogP contribution in [0, 0.1) is 5.41 Å². The molecular weight excluding hydrogens is 295 g/mol. The van der Waals surface area contributed by atoms with Gasteiger partial charge in [0.05, 0.1) is 10.0 Å². The normalized spacial score (nSPS) is 21.4. The molecule has 2 heterocycles. The molecule has 2 aliphatic rings. The third-order valence-electron chi connectivity index (χ3n) is 4.84. The van der Waals surface area contributed by atoms with Gasteiger partial charge in [-0.05, 0) is 37.2 Å². The van der Waals surface area contributed by atoms with Crippen LogP contribution < -0.4 is 16.2 Å². The van der Waals surface area contributed by atoms with Gasteiger partial charge in [-0.1, -0.05) is 36.0 Å². The predicted octanol–water partition coefficient (Wildman–Crippen LogP) is 3.83. The lowest BCUT2D eigenvalue weighted by molar-refractivity contribution is 0.226. The van der Waals surface area contributed by atoms with Gasteiger partial charge in [0, 0.05) is 13.1 Å². The molecule has 1 saturated carbocycles. The van der Waals surface area contributed by atoms with Crippen LogP contribution in [-0.4, -0.2) is 18.1 Å². The standard InChI is InChI=1S/C14H20Cl2N4/c15-10-9-11(16)13(18-12(10)19-17)20-7-5-14(6-8-20)3-1-2-4-14/h9H,1-8,17H2,(H,18,19). The minimum absolute atomic E-state index is 0.450. The van der Waals surface area contributed by atoms with Gasteiger partial charge in [0.15, 0.2) is 5.82 Å². The van der Waals surface area contributed by atoms with E-state index in [0.29, 0.717) is 21.3 Å². The Balaban J connectivity index is 1.77. The number of anilines is 2. The number of rotatable bonds is 2. The first-order valence-corrected chi connectivity index (χ1v) is 7.97. The first-order valence-electron chi connectivity index (χ1n) is 7.21. The molecule has 110 valence electrons. The average molecular weight is 315 g/mol. The van der Waals surface area contributed by atoms with Crippen LogP contribution in [0.5, 0.6) is 0 Å². The molecule has 1 aliphatic heterocycles. The number of hydrogen-bond acceptors (Lipinski definition) is 4. The number of nitrogens with one attached hydrogen (secondary N) is 1. The van der Waals surface area contributed by atoms with Crippen LogP contribution in [0.25, 0.3) is 0 Å². The van der Waals surface area contributed by atoms with E-state index in [2.05, 4.69) is 15.3 Å². The second-order valence-corrected chi connectivity index (χ2v) is 6.78. The van der Waals surface area contributed by atoms with Gasteiger partial charge < -0.3 is 10.3 Å². The molecule has 0 atom stereocenters. The summed E-state index contributed by atoms with van der Waals surface area (Å²) < 4.78 is 0. The summed E-state index contributed by atoms with van der Waals surface area (Å²) in [5.74, 6) is 6.70. The minimum Gasteiger partial charge on any atom is -0.355 e. The molecule has 3 rings (SSSR count). The second kappa shape index (κ2) is 5.58. The van der Waals surface area contributed by atoms with E-state index in [1.165, 1.54) is 38.5 Å². The largest absolute Gasteiger partial charge is 0.355 e. The summed E-state index contributed by atoms with van der Waals surface area (Å²) in [6.07, 6.45) is 8.02. The zero-order valence-electron chi connectivity index (χ0n) is 11.5. The Hall–Kier alpha value is -0.710. The van der Waals surface area contributed by atoms with Crippen molar-refractivity contribution < 1.29 is 0 Å². The Morgan fingerprint density at radius 1 is 1.10 bits per heavy atom. The topological polar surface area (TPSA) is 54.2 Å². The van der Waals surface area contributed by atoms with Crippen LogP contribution in [0.3, 0.4) is 0 Å². The summed E-state index contributed by atoms with van der Waals surface area (Å²) in [5, 5.41) is 1.04. The van der Waals surface area contributed by atoms with Crippen molar-refractivity contribution in [3.63, 3.8) is 0 Å². The van der Waals surface area contributed by atoms with Crippen molar-refractivity contribution in [3.8, 4) is 0 Å². The Kier molecular flexibility index (Phi) is 3.98. The van der Waals surface area contributed by atoms with Crippen molar-refractivity contribution >= 4 is 34.8 Å². The van der Waals surface area contributed by atoms with E-state index in [4.69, 9.17) is 29.0 Å². The van der Waals surface area contributed by atoms with Gasteiger partial charge in [-0.25, -0.2) is 10.8 Å². The van der Waals surface area contributed by atoms with Crippen molar-refractivity contribution in [1.29, 1.82) is 0 Å². The molecule has 6 heteroatoms. The zero-order chi connectivity index (χ0) is 14.2. The molecule has 0 unspecified atom stereocenters. The lowest BCUT2D eigenvalue weighted by Gasteiger charge is -2.40. The van der Waals surface area contributed by atoms with Crippen molar-refractivity contribution in [2.45, 2.75) is 38.5 Å². The average Bonchev–Trinajstić information content (AvgIpc) is 2.89. The van der Waals surface area contributed by atoms with Crippen molar-refractivity contribution in [2.75, 3.05) is 23.4 Å². The number of nitrogen functional groups attached to an aromatic ring is 1. The molecule has 0 bridgehead atoms. The molecule has 0 radical (unpaired) electrons. The van der Waals surface area contributed by atoms with Gasteiger partial charge >= 0.3 is 0 Å². The van der Waals surface area contributed by atoms with E-state index < -0.39 is 0 Å². The number of nitrogens with two attached hydrogens (primary N) is 1. The van der Waals surface area contributed by atoms with E-state index >= 15 is 0 Å². The number of hydrazine groups is 1. The molecule has 3 N–H and O–H groups in total. The molecule has 1 spiro atoms. The van der Waals surface area contributed by atoms with Crippen LogP contribution in [0.4, 0.5) is 11.6 Å². The van der Waals surface area contributed by atoms with Gasteiger partial charge in [-0.3, -0.25) is 0 Å². The molecule has 1 aromatic rings. The van der Waals surface area contributed by atoms with E-state index in [1.54, 1.807) is 6.07 Å². The third kappa shape index (κ3) is 2.57. The Labute approximate surface area is 129 Å². The summed E-state index contributed by atoms with van der Waals surface area (Å²) >= 11 is 12.3. The summed E-state index contributed by atoms with van der Waals surface area (Å²) in [5.41, 5.74) is 3.11. The maximum Gasteiger partial charge on any atom is 0.161 e. The highest BCUT2D eigenvalue weighted by Gasteiger charge is 2.37. The van der Waals surface area contributed by atoms with Gasteiger partial charge in [-0.2, -0.15) is 0 Å². The van der Waals surface area contributed by atoms with E-state index in [0.717, 1.165) is 18.9 Å². The maximum absolute atomic E-state index is 6.29. The fraction of sp³-hybridized carbons (Fsp3) is 0.643. The fourth-order valence-corrected chi connectivity index (χ4v) is 4.13. The molecule has 20 heavy (non-hydrogen) atoms. The minimum atomic E-state index is 0.450. The third-order valence-corrected chi connectivity index (χ3v) is 5.40. The Morgan fingerprint density at radius 2 is 1.75 bits per heavy atom. The monoisotopic (exact) mass is 314 g/mol. The lowest BCUT2D eigenvalue weighted by Crippen LogP contribution is -2.39. The number of halogens is 2. The van der Waals surface area contributed by atoms with Crippen LogP contribution >= 0.6 is 23.2 Å². The van der Waals surface area contributed by atoms with Crippen LogP contribution in [0.2, 0.25) is 10.0 Å². The van der Waals surface area contributed by atoms with Crippen molar-refractivity contribution in [1.82, 2.24) is 4.98 Å². The molecule has 1 aromatic heterocycles. The smallest absolute Gasteiger partial charge is 0.161 e. The van der Waals surface area contributed by atoms with Crippen LogP contribution in [0.1, 0.15) is 38.5 Å². The van der Waals surface area contributed by atoms with E-state index in [9.17, 15) is 0 Å².